The van der Waals surface area contributed by atoms with Crippen LogP contribution in [0, 0.1) is 12.8 Å². The number of aromatic nitrogens is 1. The Balaban J connectivity index is 1.94. The molecule has 1 aliphatic heterocycles. The molecule has 1 fully saturated rings. The minimum absolute atomic E-state index is 0.787. The summed E-state index contributed by atoms with van der Waals surface area (Å²) in [5.74, 6) is 0.787. The van der Waals surface area contributed by atoms with E-state index in [9.17, 15) is 0 Å². The van der Waals surface area contributed by atoms with E-state index in [-0.39, 0.29) is 0 Å². The first-order valence-corrected chi connectivity index (χ1v) is 7.51. The number of hydrogen-bond donors (Lipinski definition) is 2. The van der Waals surface area contributed by atoms with Crippen molar-refractivity contribution < 1.29 is 0 Å². The highest BCUT2D eigenvalue weighted by Crippen LogP contribution is 2.28. The summed E-state index contributed by atoms with van der Waals surface area (Å²) in [6.45, 7) is 4.55. The normalized spacial score (nSPS) is 20.4. The fourth-order valence-corrected chi connectivity index (χ4v) is 3.37. The van der Waals surface area contributed by atoms with Crippen molar-refractivity contribution in [3.05, 3.63) is 33.9 Å². The number of fused-ring (bicyclic) bond motifs is 1. The van der Waals surface area contributed by atoms with Crippen LogP contribution in [0.25, 0.3) is 10.9 Å². The molecule has 0 radical (unpaired) electrons. The SMILES string of the molecule is Cc1[nH]c2ccc(Br)cc2c1CC1CCCNC1. The van der Waals surface area contributed by atoms with Crippen molar-refractivity contribution in [2.24, 2.45) is 5.92 Å². The van der Waals surface area contributed by atoms with Gasteiger partial charge in [-0.1, -0.05) is 15.9 Å². The Kier molecular flexibility index (Phi) is 3.44. The van der Waals surface area contributed by atoms with Gasteiger partial charge in [0.05, 0.1) is 0 Å². The lowest BCUT2D eigenvalue weighted by molar-refractivity contribution is 0.376. The molecule has 1 aliphatic rings. The molecule has 0 aliphatic carbocycles. The molecule has 96 valence electrons. The highest BCUT2D eigenvalue weighted by molar-refractivity contribution is 9.10. The molecule has 1 atom stereocenters. The van der Waals surface area contributed by atoms with Gasteiger partial charge in [-0.25, -0.2) is 0 Å². The lowest BCUT2D eigenvalue weighted by atomic mass is 9.91. The fourth-order valence-electron chi connectivity index (χ4n) is 3.00. The van der Waals surface area contributed by atoms with Gasteiger partial charge >= 0.3 is 0 Å². The molecule has 18 heavy (non-hydrogen) atoms. The van der Waals surface area contributed by atoms with Crippen LogP contribution in [0.3, 0.4) is 0 Å². The average molecular weight is 307 g/mol. The third kappa shape index (κ3) is 2.34. The molecule has 0 saturated carbocycles. The maximum atomic E-state index is 3.57. The molecule has 2 N–H and O–H groups in total. The monoisotopic (exact) mass is 306 g/mol. The molecule has 0 spiro atoms. The maximum absolute atomic E-state index is 3.57. The smallest absolute Gasteiger partial charge is 0.0459 e. The summed E-state index contributed by atoms with van der Waals surface area (Å²) >= 11 is 3.57. The average Bonchev–Trinajstić information content (AvgIpc) is 2.67. The van der Waals surface area contributed by atoms with Gasteiger partial charge in [0.25, 0.3) is 0 Å². The summed E-state index contributed by atoms with van der Waals surface area (Å²) in [5, 5.41) is 4.89. The summed E-state index contributed by atoms with van der Waals surface area (Å²) in [5.41, 5.74) is 4.09. The Bertz CT molecular complexity index is 553. The number of piperidine rings is 1. The van der Waals surface area contributed by atoms with Crippen molar-refractivity contribution >= 4 is 26.8 Å². The molecule has 1 unspecified atom stereocenters. The topological polar surface area (TPSA) is 27.8 Å². The molecular formula is C15H19BrN2. The van der Waals surface area contributed by atoms with E-state index < -0.39 is 0 Å². The van der Waals surface area contributed by atoms with E-state index >= 15 is 0 Å². The number of hydrogen-bond acceptors (Lipinski definition) is 1. The number of aromatic amines is 1. The van der Waals surface area contributed by atoms with E-state index in [2.05, 4.69) is 51.4 Å². The number of halogens is 1. The Morgan fingerprint density at radius 1 is 1.39 bits per heavy atom. The second-order valence-electron chi connectivity index (χ2n) is 5.33. The first-order chi connectivity index (χ1) is 8.74. The van der Waals surface area contributed by atoms with Crippen molar-refractivity contribution in [2.45, 2.75) is 26.2 Å². The first-order valence-electron chi connectivity index (χ1n) is 6.71. The van der Waals surface area contributed by atoms with Crippen LogP contribution in [0.5, 0.6) is 0 Å². The summed E-state index contributed by atoms with van der Waals surface area (Å²) in [6.07, 6.45) is 3.86. The van der Waals surface area contributed by atoms with Crippen molar-refractivity contribution in [1.29, 1.82) is 0 Å². The van der Waals surface area contributed by atoms with Crippen LogP contribution in [-0.4, -0.2) is 18.1 Å². The standard InChI is InChI=1S/C15H19BrN2/c1-10-13(7-11-3-2-6-17-9-11)14-8-12(16)4-5-15(14)18-10/h4-5,8,11,17-18H,2-3,6-7,9H2,1H3. The Hall–Kier alpha value is -0.800. The molecule has 1 saturated heterocycles. The number of aryl methyl sites for hydroxylation is 1. The van der Waals surface area contributed by atoms with Crippen LogP contribution in [-0.2, 0) is 6.42 Å². The molecule has 3 rings (SSSR count). The molecule has 3 heteroatoms. The van der Waals surface area contributed by atoms with Gasteiger partial charge in [-0.15, -0.1) is 0 Å². The Morgan fingerprint density at radius 3 is 3.06 bits per heavy atom. The third-order valence-electron chi connectivity index (χ3n) is 3.97. The van der Waals surface area contributed by atoms with Gasteiger partial charge in [-0.05, 0) is 69.0 Å². The van der Waals surface area contributed by atoms with Gasteiger partial charge in [0, 0.05) is 21.1 Å². The van der Waals surface area contributed by atoms with Crippen molar-refractivity contribution in [2.75, 3.05) is 13.1 Å². The van der Waals surface area contributed by atoms with Crippen LogP contribution in [0.15, 0.2) is 22.7 Å². The largest absolute Gasteiger partial charge is 0.358 e. The summed E-state index contributed by atoms with van der Waals surface area (Å²) in [7, 11) is 0. The number of benzene rings is 1. The van der Waals surface area contributed by atoms with Gasteiger partial charge in [-0.3, -0.25) is 0 Å². The predicted octanol–water partition coefficient (Wildman–Crippen LogP) is 3.78. The van der Waals surface area contributed by atoms with Crippen LogP contribution >= 0.6 is 15.9 Å². The van der Waals surface area contributed by atoms with Crippen LogP contribution in [0.2, 0.25) is 0 Å². The number of rotatable bonds is 2. The van der Waals surface area contributed by atoms with E-state index in [0.29, 0.717) is 0 Å². The number of H-pyrrole nitrogens is 1. The lowest BCUT2D eigenvalue weighted by Crippen LogP contribution is -2.30. The zero-order valence-electron chi connectivity index (χ0n) is 10.7. The highest BCUT2D eigenvalue weighted by Gasteiger charge is 2.17. The van der Waals surface area contributed by atoms with Gasteiger partial charge in [0.1, 0.15) is 0 Å². The molecule has 2 aromatic rings. The highest BCUT2D eigenvalue weighted by atomic mass is 79.9. The maximum Gasteiger partial charge on any atom is 0.0459 e. The Labute approximate surface area is 116 Å². The molecule has 2 heterocycles. The summed E-state index contributed by atoms with van der Waals surface area (Å²) in [4.78, 5) is 3.50. The van der Waals surface area contributed by atoms with Crippen LogP contribution in [0.4, 0.5) is 0 Å². The predicted molar refractivity (Wildman–Crippen MR) is 80.0 cm³/mol. The number of nitrogens with one attached hydrogen (secondary N) is 2. The van der Waals surface area contributed by atoms with E-state index in [1.807, 2.05) is 0 Å². The zero-order valence-corrected chi connectivity index (χ0v) is 12.3. The van der Waals surface area contributed by atoms with Crippen molar-refractivity contribution in [3.8, 4) is 0 Å². The van der Waals surface area contributed by atoms with E-state index in [1.165, 1.54) is 54.5 Å². The fraction of sp³-hybridized carbons (Fsp3) is 0.467. The second-order valence-corrected chi connectivity index (χ2v) is 6.25. The molecule has 1 aromatic carbocycles. The van der Waals surface area contributed by atoms with Crippen LogP contribution in [0.1, 0.15) is 24.1 Å². The zero-order chi connectivity index (χ0) is 12.5. The first kappa shape index (κ1) is 12.2. The quantitative estimate of drug-likeness (QED) is 0.868. The summed E-state index contributed by atoms with van der Waals surface area (Å²) in [6, 6.07) is 6.50. The van der Waals surface area contributed by atoms with Crippen molar-refractivity contribution in [1.82, 2.24) is 10.3 Å². The van der Waals surface area contributed by atoms with Crippen molar-refractivity contribution in [3.63, 3.8) is 0 Å². The van der Waals surface area contributed by atoms with Gasteiger partial charge in [0.15, 0.2) is 0 Å². The Morgan fingerprint density at radius 2 is 2.28 bits per heavy atom. The van der Waals surface area contributed by atoms with E-state index in [1.54, 1.807) is 0 Å². The molecule has 0 amide bonds. The van der Waals surface area contributed by atoms with E-state index in [0.717, 1.165) is 10.4 Å². The summed E-state index contributed by atoms with van der Waals surface area (Å²) < 4.78 is 1.16. The lowest BCUT2D eigenvalue weighted by Gasteiger charge is -2.22. The molecule has 0 bridgehead atoms. The van der Waals surface area contributed by atoms with E-state index in [4.69, 9.17) is 0 Å². The molecule has 1 aromatic heterocycles. The minimum Gasteiger partial charge on any atom is -0.358 e. The second kappa shape index (κ2) is 5.06. The third-order valence-corrected chi connectivity index (χ3v) is 4.47. The van der Waals surface area contributed by atoms with Gasteiger partial charge in [0.2, 0.25) is 0 Å². The van der Waals surface area contributed by atoms with Gasteiger partial charge < -0.3 is 10.3 Å². The molecular weight excluding hydrogens is 288 g/mol. The van der Waals surface area contributed by atoms with Gasteiger partial charge in [-0.2, -0.15) is 0 Å². The van der Waals surface area contributed by atoms with Crippen LogP contribution < -0.4 is 5.32 Å². The molecule has 2 nitrogen and oxygen atoms in total. The minimum atomic E-state index is 0.787.